The van der Waals surface area contributed by atoms with Gasteiger partial charge in [0, 0.05) is 42.4 Å². The van der Waals surface area contributed by atoms with E-state index in [0.29, 0.717) is 11.2 Å². The van der Waals surface area contributed by atoms with Gasteiger partial charge in [-0.1, -0.05) is 24.6 Å². The molecule has 0 unspecified atom stereocenters. The van der Waals surface area contributed by atoms with Crippen molar-refractivity contribution < 1.29 is 0 Å². The quantitative estimate of drug-likeness (QED) is 0.371. The molecule has 3 aromatic rings. The van der Waals surface area contributed by atoms with Crippen molar-refractivity contribution in [3.8, 4) is 0 Å². The van der Waals surface area contributed by atoms with Crippen LogP contribution in [-0.4, -0.2) is 27.8 Å². The standard InChI is InChI=1S/C29H34ClN5S/c1-18-11-14-33(15-12-18)26-10-9-22(17-24(26)30)35-28(23-16-19(2)34(20(23)3)21-7-8-21)27(32-29(35)36)25-6-4-5-13-31-25/h4-6,9-10,13,16-18,21,27-28H,7-8,11-12,14-15H2,1-3H3,(H,32,36)/t27-,28-/m0/s1. The van der Waals surface area contributed by atoms with Crippen LogP contribution in [-0.2, 0) is 0 Å². The van der Waals surface area contributed by atoms with E-state index in [1.807, 2.05) is 18.3 Å². The van der Waals surface area contributed by atoms with E-state index in [9.17, 15) is 0 Å². The Morgan fingerprint density at radius 2 is 1.81 bits per heavy atom. The van der Waals surface area contributed by atoms with E-state index in [1.165, 1.54) is 42.6 Å². The van der Waals surface area contributed by atoms with Gasteiger partial charge in [0.1, 0.15) is 0 Å². The number of piperidine rings is 1. The summed E-state index contributed by atoms with van der Waals surface area (Å²) < 4.78 is 2.51. The number of benzene rings is 1. The molecule has 1 aromatic carbocycles. The number of hydrogen-bond donors (Lipinski definition) is 1. The first-order chi connectivity index (χ1) is 17.4. The Kier molecular flexibility index (Phi) is 6.21. The third kappa shape index (κ3) is 4.18. The lowest BCUT2D eigenvalue weighted by molar-refractivity contribution is 0.438. The summed E-state index contributed by atoms with van der Waals surface area (Å²) in [6.45, 7) is 8.93. The minimum Gasteiger partial charge on any atom is -0.370 e. The maximum Gasteiger partial charge on any atom is 0.174 e. The van der Waals surface area contributed by atoms with Gasteiger partial charge in [0.15, 0.2) is 5.11 Å². The maximum atomic E-state index is 6.93. The number of rotatable bonds is 5. The second kappa shape index (κ2) is 9.38. The number of aryl methyl sites for hydroxylation is 1. The van der Waals surface area contributed by atoms with Crippen LogP contribution in [0.1, 0.15) is 73.4 Å². The molecule has 1 saturated carbocycles. The van der Waals surface area contributed by atoms with E-state index in [0.717, 1.165) is 41.1 Å². The Labute approximate surface area is 224 Å². The highest BCUT2D eigenvalue weighted by Crippen LogP contribution is 2.47. The number of nitrogens with zero attached hydrogens (tertiary/aromatic N) is 4. The van der Waals surface area contributed by atoms with Crippen LogP contribution in [0, 0.1) is 19.8 Å². The Hall–Kier alpha value is -2.57. The van der Waals surface area contributed by atoms with Crippen LogP contribution in [0.2, 0.25) is 5.02 Å². The first-order valence-electron chi connectivity index (χ1n) is 13.2. The van der Waals surface area contributed by atoms with Gasteiger partial charge < -0.3 is 19.7 Å². The lowest BCUT2D eigenvalue weighted by atomic mass is 9.96. The average Bonchev–Trinajstić information content (AvgIpc) is 3.58. The number of nitrogens with one attached hydrogen (secondary N) is 1. The summed E-state index contributed by atoms with van der Waals surface area (Å²) in [5, 5.41) is 5.10. The van der Waals surface area contributed by atoms with Gasteiger partial charge in [-0.15, -0.1) is 0 Å². The molecule has 0 radical (unpaired) electrons. The van der Waals surface area contributed by atoms with E-state index >= 15 is 0 Å². The Bertz CT molecular complexity index is 1280. The van der Waals surface area contributed by atoms with Crippen molar-refractivity contribution in [2.24, 2.45) is 5.92 Å². The zero-order chi connectivity index (χ0) is 25.0. The van der Waals surface area contributed by atoms with Gasteiger partial charge >= 0.3 is 0 Å². The normalized spacial score (nSPS) is 22.8. The molecule has 2 aliphatic heterocycles. The SMILES string of the molecule is Cc1cc([C@H]2[C@H](c3ccccn3)NC(=S)N2c2ccc(N3CCC(C)CC3)c(Cl)c2)c(C)n1C1CC1. The molecule has 0 spiro atoms. The summed E-state index contributed by atoms with van der Waals surface area (Å²) in [6, 6.07) is 15.5. The second-order valence-electron chi connectivity index (χ2n) is 10.7. The van der Waals surface area contributed by atoms with Gasteiger partial charge in [0.2, 0.25) is 0 Å². The van der Waals surface area contributed by atoms with Gasteiger partial charge in [0.05, 0.1) is 28.5 Å². The monoisotopic (exact) mass is 519 g/mol. The molecule has 188 valence electrons. The average molecular weight is 520 g/mol. The summed E-state index contributed by atoms with van der Waals surface area (Å²) in [5.74, 6) is 0.784. The van der Waals surface area contributed by atoms with Crippen molar-refractivity contribution in [1.82, 2.24) is 14.9 Å². The number of thiocarbonyl (C=S) groups is 1. The van der Waals surface area contributed by atoms with Crippen molar-refractivity contribution in [3.63, 3.8) is 0 Å². The fourth-order valence-electron chi connectivity index (χ4n) is 6.10. The van der Waals surface area contributed by atoms with E-state index < -0.39 is 0 Å². The summed E-state index contributed by atoms with van der Waals surface area (Å²) in [7, 11) is 0. The summed E-state index contributed by atoms with van der Waals surface area (Å²) in [5.41, 5.74) is 7.07. The molecule has 2 aromatic heterocycles. The minimum absolute atomic E-state index is 0.0103. The highest BCUT2D eigenvalue weighted by molar-refractivity contribution is 7.80. The predicted octanol–water partition coefficient (Wildman–Crippen LogP) is 6.90. The van der Waals surface area contributed by atoms with Crippen molar-refractivity contribution in [3.05, 3.63) is 76.3 Å². The molecule has 0 amide bonds. The molecule has 6 rings (SSSR count). The highest BCUT2D eigenvalue weighted by atomic mass is 35.5. The van der Waals surface area contributed by atoms with Crippen LogP contribution in [0.4, 0.5) is 11.4 Å². The Morgan fingerprint density at radius 1 is 1.03 bits per heavy atom. The van der Waals surface area contributed by atoms with Gasteiger partial charge in [-0.2, -0.15) is 0 Å². The number of halogens is 1. The molecule has 1 N–H and O–H groups in total. The molecule has 3 aliphatic rings. The fraction of sp³-hybridized carbons (Fsp3) is 0.448. The van der Waals surface area contributed by atoms with Gasteiger partial charge in [-0.25, -0.2) is 0 Å². The maximum absolute atomic E-state index is 6.93. The first kappa shape index (κ1) is 23.8. The third-order valence-electron chi connectivity index (χ3n) is 8.19. The lowest BCUT2D eigenvalue weighted by Crippen LogP contribution is -2.33. The van der Waals surface area contributed by atoms with Crippen molar-refractivity contribution in [2.45, 2.75) is 64.6 Å². The zero-order valence-corrected chi connectivity index (χ0v) is 22.8. The number of anilines is 2. The molecule has 1 aliphatic carbocycles. The molecule has 2 saturated heterocycles. The topological polar surface area (TPSA) is 36.3 Å². The van der Waals surface area contributed by atoms with E-state index in [1.54, 1.807) is 0 Å². The molecule has 4 heterocycles. The van der Waals surface area contributed by atoms with Crippen molar-refractivity contribution in [2.75, 3.05) is 22.9 Å². The predicted molar refractivity (Wildman–Crippen MR) is 152 cm³/mol. The molecular weight excluding hydrogens is 486 g/mol. The van der Waals surface area contributed by atoms with Gasteiger partial charge in [0.25, 0.3) is 0 Å². The van der Waals surface area contributed by atoms with Crippen LogP contribution in [0.15, 0.2) is 48.7 Å². The zero-order valence-electron chi connectivity index (χ0n) is 21.2. The summed E-state index contributed by atoms with van der Waals surface area (Å²) >= 11 is 12.9. The number of pyridine rings is 1. The largest absolute Gasteiger partial charge is 0.370 e. The van der Waals surface area contributed by atoms with Crippen LogP contribution in [0.3, 0.4) is 0 Å². The molecule has 3 fully saturated rings. The highest BCUT2D eigenvalue weighted by Gasteiger charge is 2.43. The van der Waals surface area contributed by atoms with E-state index in [2.05, 4.69) is 70.8 Å². The van der Waals surface area contributed by atoms with Crippen LogP contribution in [0.5, 0.6) is 0 Å². The van der Waals surface area contributed by atoms with Crippen molar-refractivity contribution >= 4 is 40.3 Å². The molecule has 0 bridgehead atoms. The summed E-state index contributed by atoms with van der Waals surface area (Å²) in [6.07, 6.45) is 6.80. The lowest BCUT2D eigenvalue weighted by Gasteiger charge is -2.33. The molecular formula is C29H34ClN5S. The first-order valence-corrected chi connectivity index (χ1v) is 13.9. The van der Waals surface area contributed by atoms with E-state index in [-0.39, 0.29) is 12.1 Å². The molecule has 36 heavy (non-hydrogen) atoms. The smallest absolute Gasteiger partial charge is 0.174 e. The van der Waals surface area contributed by atoms with Gasteiger partial charge in [-0.3, -0.25) is 4.98 Å². The third-order valence-corrected chi connectivity index (χ3v) is 8.80. The number of hydrogen-bond acceptors (Lipinski definition) is 3. The Balaban J connectivity index is 1.41. The van der Waals surface area contributed by atoms with Crippen molar-refractivity contribution in [1.29, 1.82) is 0 Å². The fourth-order valence-corrected chi connectivity index (χ4v) is 6.74. The van der Waals surface area contributed by atoms with Crippen LogP contribution < -0.4 is 15.1 Å². The minimum atomic E-state index is -0.0473. The molecule has 7 heteroatoms. The molecule has 2 atom stereocenters. The number of aromatic nitrogens is 2. The summed E-state index contributed by atoms with van der Waals surface area (Å²) in [4.78, 5) is 9.39. The molecule has 5 nitrogen and oxygen atoms in total. The van der Waals surface area contributed by atoms with Crippen LogP contribution in [0.25, 0.3) is 0 Å². The second-order valence-corrected chi connectivity index (χ2v) is 11.5. The van der Waals surface area contributed by atoms with E-state index in [4.69, 9.17) is 28.8 Å². The Morgan fingerprint density at radius 3 is 2.47 bits per heavy atom. The van der Waals surface area contributed by atoms with Gasteiger partial charge in [-0.05, 0) is 99.6 Å². The van der Waals surface area contributed by atoms with Crippen LogP contribution >= 0.6 is 23.8 Å².